The highest BCUT2D eigenvalue weighted by molar-refractivity contribution is 5.77. The second-order valence-corrected chi connectivity index (χ2v) is 4.36. The molecule has 2 aromatic heterocycles. The van der Waals surface area contributed by atoms with Gasteiger partial charge in [0.05, 0.1) is 7.11 Å². The Labute approximate surface area is 117 Å². The molecule has 0 atom stereocenters. The largest absolute Gasteiger partial charge is 0.493 e. The lowest BCUT2D eigenvalue weighted by Gasteiger charge is -2.03. The Hall–Kier alpha value is -2.70. The van der Waals surface area contributed by atoms with Crippen LogP contribution in [0.25, 0.3) is 16.9 Å². The Kier molecular flexibility index (Phi) is 2.97. The minimum absolute atomic E-state index is 0.0240. The van der Waals surface area contributed by atoms with Gasteiger partial charge in [-0.15, -0.1) is 0 Å². The number of imidazole rings is 1. The third-order valence-corrected chi connectivity index (χ3v) is 3.14. The topological polar surface area (TPSA) is 52.5 Å². The van der Waals surface area contributed by atoms with Gasteiger partial charge in [0, 0.05) is 17.8 Å². The first kappa shape index (κ1) is 13.3. The fourth-order valence-corrected chi connectivity index (χ4v) is 2.12. The van der Waals surface area contributed by atoms with Crippen LogP contribution in [0.1, 0.15) is 0 Å². The second kappa shape index (κ2) is 4.69. The zero-order chi connectivity index (χ0) is 15.1. The van der Waals surface area contributed by atoms with E-state index in [0.29, 0.717) is 17.5 Å². The van der Waals surface area contributed by atoms with Crippen LogP contribution in [0.5, 0.6) is 5.75 Å². The number of nitrogens with zero attached hydrogens (tertiary/aromatic N) is 2. The van der Waals surface area contributed by atoms with E-state index in [9.17, 15) is 13.2 Å². The molecule has 0 amide bonds. The number of pyridine rings is 1. The molecule has 0 saturated carbocycles. The quantitative estimate of drug-likeness (QED) is 0.739. The van der Waals surface area contributed by atoms with E-state index < -0.39 is 17.5 Å². The molecule has 21 heavy (non-hydrogen) atoms. The zero-order valence-electron chi connectivity index (χ0n) is 10.9. The first-order valence-electron chi connectivity index (χ1n) is 5.98. The summed E-state index contributed by atoms with van der Waals surface area (Å²) >= 11 is 0. The van der Waals surface area contributed by atoms with E-state index in [4.69, 9.17) is 10.5 Å². The van der Waals surface area contributed by atoms with Crippen LogP contribution >= 0.6 is 0 Å². The van der Waals surface area contributed by atoms with Crippen molar-refractivity contribution in [2.75, 3.05) is 12.8 Å². The predicted molar refractivity (Wildman–Crippen MR) is 71.5 cm³/mol. The maximum Gasteiger partial charge on any atom is 0.181 e. The zero-order valence-corrected chi connectivity index (χ0v) is 10.9. The Morgan fingerprint density at radius 2 is 1.86 bits per heavy atom. The molecule has 0 radical (unpaired) electrons. The summed E-state index contributed by atoms with van der Waals surface area (Å²) in [6.07, 6.45) is 1.61. The molecule has 2 N–H and O–H groups in total. The van der Waals surface area contributed by atoms with Gasteiger partial charge in [0.2, 0.25) is 0 Å². The van der Waals surface area contributed by atoms with Crippen LogP contribution in [0.2, 0.25) is 0 Å². The highest BCUT2D eigenvalue weighted by atomic mass is 19.2. The predicted octanol–water partition coefficient (Wildman–Crippen LogP) is 3.01. The third kappa shape index (κ3) is 1.97. The van der Waals surface area contributed by atoms with Gasteiger partial charge in [-0.05, 0) is 18.2 Å². The lowest BCUT2D eigenvalue weighted by molar-refractivity contribution is 0.417. The first-order chi connectivity index (χ1) is 10.0. The van der Waals surface area contributed by atoms with Crippen LogP contribution in [-0.4, -0.2) is 16.5 Å². The van der Waals surface area contributed by atoms with Crippen LogP contribution in [0.4, 0.5) is 19.0 Å². The van der Waals surface area contributed by atoms with Crippen molar-refractivity contribution in [1.82, 2.24) is 9.38 Å². The summed E-state index contributed by atoms with van der Waals surface area (Å²) in [4.78, 5) is 4.17. The van der Waals surface area contributed by atoms with E-state index in [1.54, 1.807) is 18.3 Å². The summed E-state index contributed by atoms with van der Waals surface area (Å²) in [6.45, 7) is 0. The lowest BCUT2D eigenvalue weighted by Crippen LogP contribution is -1.97. The van der Waals surface area contributed by atoms with Crippen LogP contribution in [0, 0.1) is 17.5 Å². The number of hydrogen-bond donors (Lipinski definition) is 1. The molecule has 3 rings (SSSR count). The molecule has 0 fully saturated rings. The number of fused-ring (bicyclic) bond motifs is 1. The van der Waals surface area contributed by atoms with Crippen LogP contribution in [0.15, 0.2) is 30.5 Å². The first-order valence-corrected chi connectivity index (χ1v) is 5.98. The average molecular weight is 293 g/mol. The number of ether oxygens (including phenoxy) is 1. The molecule has 4 nitrogen and oxygen atoms in total. The van der Waals surface area contributed by atoms with E-state index >= 15 is 0 Å². The van der Waals surface area contributed by atoms with E-state index in [-0.39, 0.29) is 17.1 Å². The molecule has 2 heterocycles. The van der Waals surface area contributed by atoms with Gasteiger partial charge in [0.1, 0.15) is 17.3 Å². The number of methoxy groups -OCH3 is 1. The Morgan fingerprint density at radius 3 is 2.57 bits per heavy atom. The monoisotopic (exact) mass is 293 g/mol. The van der Waals surface area contributed by atoms with Gasteiger partial charge in [0.15, 0.2) is 23.0 Å². The van der Waals surface area contributed by atoms with Crippen molar-refractivity contribution >= 4 is 11.5 Å². The van der Waals surface area contributed by atoms with Crippen molar-refractivity contribution in [3.63, 3.8) is 0 Å². The third-order valence-electron chi connectivity index (χ3n) is 3.14. The lowest BCUT2D eigenvalue weighted by atomic mass is 10.1. The minimum Gasteiger partial charge on any atom is -0.493 e. The van der Waals surface area contributed by atoms with Crippen LogP contribution in [0.3, 0.4) is 0 Å². The smallest absolute Gasteiger partial charge is 0.181 e. The Bertz CT molecular complexity index is 845. The van der Waals surface area contributed by atoms with Crippen molar-refractivity contribution < 1.29 is 17.9 Å². The molecular weight excluding hydrogens is 283 g/mol. The van der Waals surface area contributed by atoms with Crippen molar-refractivity contribution in [1.29, 1.82) is 0 Å². The molecule has 0 aliphatic rings. The van der Waals surface area contributed by atoms with Crippen molar-refractivity contribution in [3.8, 4) is 17.0 Å². The van der Waals surface area contributed by atoms with Crippen molar-refractivity contribution in [3.05, 3.63) is 47.9 Å². The summed E-state index contributed by atoms with van der Waals surface area (Å²) in [5.74, 6) is -2.85. The number of nitrogen functional groups attached to an aromatic ring is 1. The average Bonchev–Trinajstić information content (AvgIpc) is 2.80. The van der Waals surface area contributed by atoms with Gasteiger partial charge in [0.25, 0.3) is 0 Å². The second-order valence-electron chi connectivity index (χ2n) is 4.36. The maximum absolute atomic E-state index is 13.9. The number of rotatable bonds is 2. The molecule has 1 aromatic carbocycles. The molecule has 7 heteroatoms. The maximum atomic E-state index is 13.9. The molecule has 0 spiro atoms. The highest BCUT2D eigenvalue weighted by Gasteiger charge is 2.19. The number of anilines is 1. The normalized spacial score (nSPS) is 11.0. The number of halogens is 3. The van der Waals surface area contributed by atoms with E-state index in [0.717, 1.165) is 6.07 Å². The number of hydrogen-bond acceptors (Lipinski definition) is 3. The van der Waals surface area contributed by atoms with Gasteiger partial charge >= 0.3 is 0 Å². The fourth-order valence-electron chi connectivity index (χ4n) is 2.12. The van der Waals surface area contributed by atoms with E-state index in [1.165, 1.54) is 11.5 Å². The molecule has 0 aliphatic heterocycles. The van der Waals surface area contributed by atoms with Gasteiger partial charge in [-0.25, -0.2) is 18.2 Å². The van der Waals surface area contributed by atoms with Crippen molar-refractivity contribution in [2.45, 2.75) is 0 Å². The molecular formula is C14H10F3N3O. The van der Waals surface area contributed by atoms with Crippen LogP contribution in [-0.2, 0) is 0 Å². The molecule has 0 saturated heterocycles. The number of aromatic nitrogens is 2. The molecule has 0 aliphatic carbocycles. The van der Waals surface area contributed by atoms with E-state index in [2.05, 4.69) is 4.98 Å². The summed E-state index contributed by atoms with van der Waals surface area (Å²) in [7, 11) is 1.46. The SMILES string of the molecule is COc1cccn2c(N)c(-c3cc(F)c(F)cc3F)nc12. The van der Waals surface area contributed by atoms with E-state index in [1.807, 2.05) is 0 Å². The Balaban J connectivity index is 2.31. The van der Waals surface area contributed by atoms with Gasteiger partial charge in [-0.2, -0.15) is 0 Å². The minimum atomic E-state index is -1.27. The van der Waals surface area contributed by atoms with Gasteiger partial charge in [-0.3, -0.25) is 4.40 Å². The number of nitrogens with two attached hydrogens (primary N) is 1. The van der Waals surface area contributed by atoms with Gasteiger partial charge in [-0.1, -0.05) is 0 Å². The standard InChI is InChI=1S/C14H10F3N3O/c1-21-11-3-2-4-20-13(18)12(19-14(11)20)7-5-9(16)10(17)6-8(7)15/h2-6H,18H2,1H3. The summed E-state index contributed by atoms with van der Waals surface area (Å²) in [5.41, 5.74) is 6.08. The molecule has 0 unspecified atom stereocenters. The Morgan fingerprint density at radius 1 is 1.14 bits per heavy atom. The molecule has 3 aromatic rings. The van der Waals surface area contributed by atoms with Gasteiger partial charge < -0.3 is 10.5 Å². The van der Waals surface area contributed by atoms with Crippen LogP contribution < -0.4 is 10.5 Å². The summed E-state index contributed by atoms with van der Waals surface area (Å²) < 4.78 is 46.8. The molecule has 108 valence electrons. The number of benzene rings is 1. The molecule has 0 bridgehead atoms. The summed E-state index contributed by atoms with van der Waals surface area (Å²) in [5, 5.41) is 0. The summed E-state index contributed by atoms with van der Waals surface area (Å²) in [6, 6.07) is 4.53. The fraction of sp³-hybridized carbons (Fsp3) is 0.0714. The van der Waals surface area contributed by atoms with Crippen molar-refractivity contribution in [2.24, 2.45) is 0 Å². The highest BCUT2D eigenvalue weighted by Crippen LogP contribution is 2.32.